The number of hydrogen-bond donors (Lipinski definition) is 1. The van der Waals surface area contributed by atoms with Crippen LogP contribution in [0.25, 0.3) is 0 Å². The minimum atomic E-state index is 0.210. The quantitative estimate of drug-likeness (QED) is 0.726. The average Bonchev–Trinajstić information content (AvgIpc) is 3.08. The number of nitrogens with zero attached hydrogens (tertiary/aromatic N) is 3. The first-order valence-corrected chi connectivity index (χ1v) is 10.9. The molecule has 1 aliphatic rings. The Labute approximate surface area is 163 Å². The third kappa shape index (κ3) is 5.71. The van der Waals surface area contributed by atoms with Crippen LogP contribution >= 0.6 is 23.1 Å². The third-order valence-corrected chi connectivity index (χ3v) is 6.44. The highest BCUT2D eigenvalue weighted by molar-refractivity contribution is 8.01. The molecular weight excluding hydrogens is 364 g/mol. The van der Waals surface area contributed by atoms with E-state index >= 15 is 0 Å². The Kier molecular flexibility index (Phi) is 6.91. The Hall–Kier alpha value is -1.60. The molecule has 1 amide bonds. The summed E-state index contributed by atoms with van der Waals surface area (Å²) in [7, 11) is 0. The number of carbonyl (C=O) groups excluding carboxylic acids is 1. The van der Waals surface area contributed by atoms with Crippen LogP contribution in [0.1, 0.15) is 32.3 Å². The van der Waals surface area contributed by atoms with Gasteiger partial charge in [0.05, 0.1) is 5.75 Å². The molecule has 0 aliphatic carbocycles. The van der Waals surface area contributed by atoms with Gasteiger partial charge in [0.2, 0.25) is 11.0 Å². The van der Waals surface area contributed by atoms with Crippen LogP contribution in [0.5, 0.6) is 0 Å². The molecule has 0 unspecified atom stereocenters. The molecule has 7 heteroatoms. The normalized spacial score (nSPS) is 15.4. The summed E-state index contributed by atoms with van der Waals surface area (Å²) in [5.41, 5.74) is 1.40. The van der Waals surface area contributed by atoms with Gasteiger partial charge in [-0.1, -0.05) is 53.4 Å². The van der Waals surface area contributed by atoms with Gasteiger partial charge in [-0.25, -0.2) is 0 Å². The number of hydrogen-bond acceptors (Lipinski definition) is 6. The van der Waals surface area contributed by atoms with Crippen molar-refractivity contribution in [1.29, 1.82) is 0 Å². The molecule has 1 saturated heterocycles. The first-order chi connectivity index (χ1) is 12.6. The summed E-state index contributed by atoms with van der Waals surface area (Å²) in [6.45, 7) is 5.87. The fourth-order valence-corrected chi connectivity index (χ4v) is 4.92. The molecule has 1 aromatic heterocycles. The topological polar surface area (TPSA) is 58.1 Å². The van der Waals surface area contributed by atoms with Gasteiger partial charge in [0.15, 0.2) is 4.34 Å². The molecule has 26 heavy (non-hydrogen) atoms. The van der Waals surface area contributed by atoms with E-state index in [2.05, 4.69) is 59.7 Å². The maximum Gasteiger partial charge on any atom is 0.233 e. The van der Waals surface area contributed by atoms with Crippen molar-refractivity contribution in [3.63, 3.8) is 0 Å². The van der Waals surface area contributed by atoms with E-state index in [-0.39, 0.29) is 5.91 Å². The summed E-state index contributed by atoms with van der Waals surface area (Å²) >= 11 is 3.00. The van der Waals surface area contributed by atoms with Crippen LogP contribution in [0.3, 0.4) is 0 Å². The minimum Gasteiger partial charge on any atom is -0.358 e. The molecule has 0 bridgehead atoms. The van der Waals surface area contributed by atoms with Crippen molar-refractivity contribution in [2.75, 3.05) is 24.2 Å². The van der Waals surface area contributed by atoms with Crippen molar-refractivity contribution >= 4 is 34.1 Å². The van der Waals surface area contributed by atoms with E-state index in [4.69, 9.17) is 0 Å². The van der Waals surface area contributed by atoms with Crippen LogP contribution in [0, 0.1) is 5.92 Å². The highest BCUT2D eigenvalue weighted by Gasteiger charge is 2.23. The summed E-state index contributed by atoms with van der Waals surface area (Å²) in [5.74, 6) is 1.34. The predicted octanol–water partition coefficient (Wildman–Crippen LogP) is 3.93. The van der Waals surface area contributed by atoms with Crippen molar-refractivity contribution < 1.29 is 4.79 Å². The van der Waals surface area contributed by atoms with Gasteiger partial charge in [0.1, 0.15) is 0 Å². The van der Waals surface area contributed by atoms with Gasteiger partial charge >= 0.3 is 0 Å². The van der Waals surface area contributed by atoms with Gasteiger partial charge in [-0.2, -0.15) is 0 Å². The Balaban J connectivity index is 1.40. The SMILES string of the molecule is CC(C)Nc1nnc(SCC(=O)N2CCC(Cc3ccccc3)CC2)s1. The lowest BCUT2D eigenvalue weighted by molar-refractivity contribution is -0.129. The van der Waals surface area contributed by atoms with Gasteiger partial charge in [0.25, 0.3) is 0 Å². The van der Waals surface area contributed by atoms with E-state index in [1.165, 1.54) is 28.7 Å². The molecule has 2 heterocycles. The van der Waals surface area contributed by atoms with E-state index in [0.29, 0.717) is 17.7 Å². The first kappa shape index (κ1) is 19.2. The zero-order valence-electron chi connectivity index (χ0n) is 15.4. The second-order valence-electron chi connectivity index (χ2n) is 6.97. The van der Waals surface area contributed by atoms with Crippen molar-refractivity contribution in [2.45, 2.75) is 43.5 Å². The van der Waals surface area contributed by atoms with E-state index in [0.717, 1.165) is 41.8 Å². The zero-order chi connectivity index (χ0) is 18.4. The number of anilines is 1. The van der Waals surface area contributed by atoms with Gasteiger partial charge in [-0.3, -0.25) is 4.79 Å². The summed E-state index contributed by atoms with van der Waals surface area (Å²) in [4.78, 5) is 14.5. The van der Waals surface area contributed by atoms with Gasteiger partial charge in [0, 0.05) is 19.1 Å². The summed E-state index contributed by atoms with van der Waals surface area (Å²) < 4.78 is 0.848. The number of likely N-dealkylation sites (tertiary alicyclic amines) is 1. The summed E-state index contributed by atoms with van der Waals surface area (Å²) in [6.07, 6.45) is 3.30. The zero-order valence-corrected chi connectivity index (χ0v) is 17.0. The predicted molar refractivity (Wildman–Crippen MR) is 109 cm³/mol. The lowest BCUT2D eigenvalue weighted by atomic mass is 9.90. The Bertz CT molecular complexity index is 697. The lowest BCUT2D eigenvalue weighted by Crippen LogP contribution is -2.39. The van der Waals surface area contributed by atoms with Crippen LogP contribution in [0.15, 0.2) is 34.7 Å². The number of amides is 1. The Morgan fingerprint density at radius 2 is 2.00 bits per heavy atom. The summed E-state index contributed by atoms with van der Waals surface area (Å²) in [5, 5.41) is 12.3. The van der Waals surface area contributed by atoms with Crippen LogP contribution < -0.4 is 5.32 Å². The highest BCUT2D eigenvalue weighted by atomic mass is 32.2. The third-order valence-electron chi connectivity index (χ3n) is 4.47. The molecular formula is C19H26N4OS2. The molecule has 0 saturated carbocycles. The molecule has 3 rings (SSSR count). The molecule has 0 atom stereocenters. The molecule has 1 fully saturated rings. The van der Waals surface area contributed by atoms with E-state index in [9.17, 15) is 4.79 Å². The van der Waals surface area contributed by atoms with E-state index in [1.54, 1.807) is 0 Å². The molecule has 2 aromatic rings. The summed E-state index contributed by atoms with van der Waals surface area (Å²) in [6, 6.07) is 11.0. The van der Waals surface area contributed by atoms with E-state index in [1.807, 2.05) is 4.90 Å². The Morgan fingerprint density at radius 1 is 1.27 bits per heavy atom. The smallest absolute Gasteiger partial charge is 0.233 e. The lowest BCUT2D eigenvalue weighted by Gasteiger charge is -2.32. The van der Waals surface area contributed by atoms with Crippen LogP contribution in [-0.4, -0.2) is 45.9 Å². The maximum atomic E-state index is 12.5. The van der Waals surface area contributed by atoms with Crippen LogP contribution in [-0.2, 0) is 11.2 Å². The van der Waals surface area contributed by atoms with Crippen molar-refractivity contribution in [3.8, 4) is 0 Å². The number of benzene rings is 1. The number of rotatable bonds is 7. The van der Waals surface area contributed by atoms with Crippen LogP contribution in [0.4, 0.5) is 5.13 Å². The second-order valence-corrected chi connectivity index (χ2v) is 9.17. The van der Waals surface area contributed by atoms with Crippen LogP contribution in [0.2, 0.25) is 0 Å². The second kappa shape index (κ2) is 9.37. The van der Waals surface area contributed by atoms with Crippen molar-refractivity contribution in [2.24, 2.45) is 5.92 Å². The first-order valence-electron chi connectivity index (χ1n) is 9.14. The monoisotopic (exact) mass is 390 g/mol. The van der Waals surface area contributed by atoms with Gasteiger partial charge in [-0.15, -0.1) is 10.2 Å². The largest absolute Gasteiger partial charge is 0.358 e. The average molecular weight is 391 g/mol. The minimum absolute atomic E-state index is 0.210. The van der Waals surface area contributed by atoms with Gasteiger partial charge in [-0.05, 0) is 44.6 Å². The number of aromatic nitrogens is 2. The molecule has 5 nitrogen and oxygen atoms in total. The molecule has 140 valence electrons. The fourth-order valence-electron chi connectivity index (χ4n) is 3.12. The standard InChI is InChI=1S/C19H26N4OS2/c1-14(2)20-18-21-22-19(26-18)25-13-17(24)23-10-8-16(9-11-23)12-15-6-4-3-5-7-15/h3-7,14,16H,8-13H2,1-2H3,(H,20,21). The molecule has 0 radical (unpaired) electrons. The maximum absolute atomic E-state index is 12.5. The number of piperidine rings is 1. The van der Waals surface area contributed by atoms with E-state index < -0.39 is 0 Å². The van der Waals surface area contributed by atoms with Crippen molar-refractivity contribution in [1.82, 2.24) is 15.1 Å². The Morgan fingerprint density at radius 3 is 2.69 bits per heavy atom. The molecule has 1 aromatic carbocycles. The van der Waals surface area contributed by atoms with Gasteiger partial charge < -0.3 is 10.2 Å². The number of nitrogens with one attached hydrogen (secondary N) is 1. The molecule has 0 spiro atoms. The number of carbonyl (C=O) groups is 1. The fraction of sp³-hybridized carbons (Fsp3) is 0.526. The number of thioether (sulfide) groups is 1. The highest BCUT2D eigenvalue weighted by Crippen LogP contribution is 2.27. The molecule has 1 aliphatic heterocycles. The molecule has 1 N–H and O–H groups in total. The van der Waals surface area contributed by atoms with Crippen molar-refractivity contribution in [3.05, 3.63) is 35.9 Å².